The maximum atomic E-state index is 11.9. The number of hydrogen-bond acceptors (Lipinski definition) is 2. The predicted molar refractivity (Wildman–Crippen MR) is 69.1 cm³/mol. The van der Waals surface area contributed by atoms with Crippen molar-refractivity contribution >= 4 is 5.91 Å². The van der Waals surface area contributed by atoms with Gasteiger partial charge < -0.3 is 11.1 Å². The first-order valence-electron chi connectivity index (χ1n) is 6.56. The van der Waals surface area contributed by atoms with Crippen LogP contribution in [0.15, 0.2) is 23.9 Å². The Bertz CT molecular complexity index is 353. The third-order valence-electron chi connectivity index (χ3n) is 4.32. The molecule has 1 fully saturated rings. The molecule has 17 heavy (non-hydrogen) atoms. The number of nitrogens with two attached hydrogens (primary N) is 1. The van der Waals surface area contributed by atoms with E-state index in [1.54, 1.807) is 0 Å². The number of amides is 1. The van der Waals surface area contributed by atoms with Gasteiger partial charge in [0, 0.05) is 12.7 Å². The Kier molecular flexibility index (Phi) is 3.55. The summed E-state index contributed by atoms with van der Waals surface area (Å²) < 4.78 is 0. The number of carbonyl (C=O) groups is 1. The number of rotatable bonds is 3. The summed E-state index contributed by atoms with van der Waals surface area (Å²) in [6.45, 7) is 2.84. The van der Waals surface area contributed by atoms with Gasteiger partial charge in [-0.05, 0) is 31.3 Å². The van der Waals surface area contributed by atoms with Gasteiger partial charge in [-0.25, -0.2) is 0 Å². The van der Waals surface area contributed by atoms with Gasteiger partial charge >= 0.3 is 0 Å². The molecular formula is C14H22N2O. The summed E-state index contributed by atoms with van der Waals surface area (Å²) >= 11 is 0. The van der Waals surface area contributed by atoms with E-state index in [4.69, 9.17) is 5.73 Å². The van der Waals surface area contributed by atoms with E-state index in [1.165, 1.54) is 19.3 Å². The maximum Gasteiger partial charge on any atom is 0.228 e. The van der Waals surface area contributed by atoms with Gasteiger partial charge in [-0.1, -0.05) is 31.4 Å². The molecule has 0 aromatic carbocycles. The zero-order chi connectivity index (χ0) is 12.3. The highest BCUT2D eigenvalue weighted by atomic mass is 16.1. The van der Waals surface area contributed by atoms with Gasteiger partial charge in [0.2, 0.25) is 5.91 Å². The molecule has 0 radical (unpaired) electrons. The normalized spacial score (nSPS) is 24.6. The largest absolute Gasteiger partial charge is 0.387 e. The highest BCUT2D eigenvalue weighted by Crippen LogP contribution is 2.44. The molecular weight excluding hydrogens is 212 g/mol. The van der Waals surface area contributed by atoms with Crippen LogP contribution in [0.4, 0.5) is 0 Å². The van der Waals surface area contributed by atoms with E-state index < -0.39 is 5.41 Å². The number of hydrogen-bond donors (Lipinski definition) is 2. The van der Waals surface area contributed by atoms with Gasteiger partial charge in [0.25, 0.3) is 0 Å². The topological polar surface area (TPSA) is 55.1 Å². The van der Waals surface area contributed by atoms with Crippen LogP contribution in [0.2, 0.25) is 0 Å². The monoisotopic (exact) mass is 234 g/mol. The van der Waals surface area contributed by atoms with Crippen LogP contribution in [0.25, 0.3) is 0 Å². The van der Waals surface area contributed by atoms with Crippen LogP contribution in [-0.4, -0.2) is 12.5 Å². The van der Waals surface area contributed by atoms with E-state index in [1.807, 2.05) is 13.1 Å². The van der Waals surface area contributed by atoms with Gasteiger partial charge in [0.05, 0.1) is 5.41 Å². The second-order valence-corrected chi connectivity index (χ2v) is 5.31. The summed E-state index contributed by atoms with van der Waals surface area (Å²) in [5.41, 5.74) is 6.23. The van der Waals surface area contributed by atoms with Gasteiger partial charge in [0.15, 0.2) is 0 Å². The van der Waals surface area contributed by atoms with Gasteiger partial charge in [-0.3, -0.25) is 4.79 Å². The lowest BCUT2D eigenvalue weighted by Gasteiger charge is -2.39. The fourth-order valence-electron chi connectivity index (χ4n) is 3.05. The number of dihydropyridines is 1. The Labute approximate surface area is 103 Å². The van der Waals surface area contributed by atoms with Crippen molar-refractivity contribution in [1.29, 1.82) is 0 Å². The quantitative estimate of drug-likeness (QED) is 0.785. The SMILES string of the molecule is CC(C(N)=O)(C1=CNCC=C1)C1CCCCC1. The molecule has 1 atom stereocenters. The molecule has 1 amide bonds. The van der Waals surface area contributed by atoms with Crippen LogP contribution in [0.3, 0.4) is 0 Å². The van der Waals surface area contributed by atoms with Crippen molar-refractivity contribution in [3.8, 4) is 0 Å². The van der Waals surface area contributed by atoms with Crippen molar-refractivity contribution in [2.75, 3.05) is 6.54 Å². The molecule has 1 aliphatic heterocycles. The van der Waals surface area contributed by atoms with Crippen molar-refractivity contribution in [2.45, 2.75) is 39.0 Å². The molecule has 3 N–H and O–H groups in total. The zero-order valence-electron chi connectivity index (χ0n) is 10.5. The standard InChI is InChI=1S/C14H22N2O/c1-14(13(15)17,11-6-3-2-4-7-11)12-8-5-9-16-10-12/h5,8,10-11,16H,2-4,6-7,9H2,1H3,(H2,15,17). The van der Waals surface area contributed by atoms with E-state index >= 15 is 0 Å². The number of carbonyl (C=O) groups excluding carboxylic acids is 1. The van der Waals surface area contributed by atoms with E-state index in [9.17, 15) is 4.79 Å². The summed E-state index contributed by atoms with van der Waals surface area (Å²) in [6.07, 6.45) is 12.0. The summed E-state index contributed by atoms with van der Waals surface area (Å²) in [5, 5.41) is 3.18. The fourth-order valence-corrected chi connectivity index (χ4v) is 3.05. The zero-order valence-corrected chi connectivity index (χ0v) is 10.5. The van der Waals surface area contributed by atoms with E-state index in [0.717, 1.165) is 25.0 Å². The summed E-state index contributed by atoms with van der Waals surface area (Å²) in [5.74, 6) is 0.202. The lowest BCUT2D eigenvalue weighted by Crippen LogP contribution is -2.43. The molecule has 0 aromatic rings. The van der Waals surface area contributed by atoms with E-state index in [-0.39, 0.29) is 5.91 Å². The van der Waals surface area contributed by atoms with Crippen LogP contribution in [0, 0.1) is 11.3 Å². The minimum atomic E-state index is -0.510. The van der Waals surface area contributed by atoms with Crippen LogP contribution in [0.5, 0.6) is 0 Å². The molecule has 3 nitrogen and oxygen atoms in total. The second-order valence-electron chi connectivity index (χ2n) is 5.31. The van der Waals surface area contributed by atoms with Crippen molar-refractivity contribution in [2.24, 2.45) is 17.1 Å². The lowest BCUT2D eigenvalue weighted by molar-refractivity contribution is -0.128. The Hall–Kier alpha value is -1.25. The number of primary amides is 1. The first kappa shape index (κ1) is 12.2. The number of nitrogens with one attached hydrogen (secondary N) is 1. The van der Waals surface area contributed by atoms with Crippen molar-refractivity contribution in [3.05, 3.63) is 23.9 Å². The Morgan fingerprint density at radius 2 is 2.12 bits per heavy atom. The van der Waals surface area contributed by atoms with Gasteiger partial charge in [-0.15, -0.1) is 0 Å². The summed E-state index contributed by atoms with van der Waals surface area (Å²) in [7, 11) is 0. The molecule has 3 heteroatoms. The molecule has 0 saturated heterocycles. The first-order valence-corrected chi connectivity index (χ1v) is 6.56. The van der Waals surface area contributed by atoms with Crippen molar-refractivity contribution in [1.82, 2.24) is 5.32 Å². The molecule has 2 aliphatic rings. The van der Waals surface area contributed by atoms with Crippen LogP contribution >= 0.6 is 0 Å². The molecule has 0 aromatic heterocycles. The molecule has 1 heterocycles. The van der Waals surface area contributed by atoms with Crippen molar-refractivity contribution < 1.29 is 4.79 Å². The Morgan fingerprint density at radius 1 is 1.41 bits per heavy atom. The van der Waals surface area contributed by atoms with Crippen LogP contribution in [0.1, 0.15) is 39.0 Å². The Morgan fingerprint density at radius 3 is 2.65 bits per heavy atom. The molecule has 1 unspecified atom stereocenters. The number of allylic oxidation sites excluding steroid dienone is 1. The maximum absolute atomic E-state index is 11.9. The molecule has 2 rings (SSSR count). The highest BCUT2D eigenvalue weighted by Gasteiger charge is 2.42. The molecule has 1 saturated carbocycles. The summed E-state index contributed by atoms with van der Waals surface area (Å²) in [6, 6.07) is 0. The van der Waals surface area contributed by atoms with Gasteiger partial charge in [-0.2, -0.15) is 0 Å². The third-order valence-corrected chi connectivity index (χ3v) is 4.32. The van der Waals surface area contributed by atoms with E-state index in [0.29, 0.717) is 5.92 Å². The van der Waals surface area contributed by atoms with Crippen molar-refractivity contribution in [3.63, 3.8) is 0 Å². The van der Waals surface area contributed by atoms with E-state index in [2.05, 4.69) is 17.5 Å². The summed E-state index contributed by atoms with van der Waals surface area (Å²) in [4.78, 5) is 11.9. The molecule has 0 bridgehead atoms. The molecule has 0 spiro atoms. The van der Waals surface area contributed by atoms with Crippen LogP contribution in [-0.2, 0) is 4.79 Å². The highest BCUT2D eigenvalue weighted by molar-refractivity contribution is 5.85. The minimum absolute atomic E-state index is 0.191. The molecule has 1 aliphatic carbocycles. The smallest absolute Gasteiger partial charge is 0.228 e. The lowest BCUT2D eigenvalue weighted by atomic mass is 9.65. The average Bonchev–Trinajstić information content (AvgIpc) is 2.39. The first-order chi connectivity index (χ1) is 8.15. The second kappa shape index (κ2) is 4.94. The third kappa shape index (κ3) is 2.24. The minimum Gasteiger partial charge on any atom is -0.387 e. The average molecular weight is 234 g/mol. The van der Waals surface area contributed by atoms with Crippen LogP contribution < -0.4 is 11.1 Å². The Balaban J connectivity index is 2.27. The fraction of sp³-hybridized carbons (Fsp3) is 0.643. The van der Waals surface area contributed by atoms with Gasteiger partial charge in [0.1, 0.15) is 0 Å². The predicted octanol–water partition coefficient (Wildman–Crippen LogP) is 2.10. The molecule has 94 valence electrons.